The monoisotopic (exact) mass is 483 g/mol. The number of amides is 1. The summed E-state index contributed by atoms with van der Waals surface area (Å²) in [4.78, 5) is 34.5. The zero-order valence-electron chi connectivity index (χ0n) is 22.5. The van der Waals surface area contributed by atoms with Gasteiger partial charge in [-0.25, -0.2) is 4.79 Å². The lowest BCUT2D eigenvalue weighted by Gasteiger charge is -2.23. The minimum atomic E-state index is -0.590. The molecule has 0 aliphatic rings. The molecule has 7 nitrogen and oxygen atoms in total. The molecule has 7 heteroatoms. The summed E-state index contributed by atoms with van der Waals surface area (Å²) in [6.07, 6.45) is 1.37. The number of hydrogen-bond donors (Lipinski definition) is 2. The summed E-state index contributed by atoms with van der Waals surface area (Å²) in [6.45, 7) is 16.3. The van der Waals surface area contributed by atoms with Crippen molar-refractivity contribution < 1.29 is 19.2 Å². The molecule has 35 heavy (non-hydrogen) atoms. The maximum atomic E-state index is 12.5. The summed E-state index contributed by atoms with van der Waals surface area (Å²) in [5.74, 6) is 0.0882. The maximum absolute atomic E-state index is 12.5. The summed E-state index contributed by atoms with van der Waals surface area (Å²) in [5, 5.41) is 2.92. The lowest BCUT2D eigenvalue weighted by molar-refractivity contribution is -0.151. The van der Waals surface area contributed by atoms with Crippen LogP contribution < -0.4 is 10.8 Å². The number of alkyl carbamates (subject to hydrolysis) is 1. The molecule has 2 aromatic rings. The van der Waals surface area contributed by atoms with Gasteiger partial charge in [0.15, 0.2) is 0 Å². The highest BCUT2D eigenvalue weighted by Crippen LogP contribution is 2.33. The minimum absolute atomic E-state index is 0.274. The van der Waals surface area contributed by atoms with E-state index in [-0.39, 0.29) is 12.5 Å². The average Bonchev–Trinajstić information content (AvgIpc) is 2.73. The Balaban J connectivity index is 2.55. The molecule has 1 amide bonds. The van der Waals surface area contributed by atoms with E-state index >= 15 is 0 Å². The van der Waals surface area contributed by atoms with E-state index < -0.39 is 11.7 Å². The summed E-state index contributed by atoms with van der Waals surface area (Å²) in [7, 11) is 0. The van der Waals surface area contributed by atoms with Crippen LogP contribution in [0.1, 0.15) is 82.5 Å². The molecule has 1 aromatic heterocycles. The van der Waals surface area contributed by atoms with Crippen molar-refractivity contribution in [1.29, 1.82) is 0 Å². The summed E-state index contributed by atoms with van der Waals surface area (Å²) < 4.78 is 5.47. The normalized spacial score (nSPS) is 11.5. The van der Waals surface area contributed by atoms with Gasteiger partial charge >= 0.3 is 12.1 Å². The van der Waals surface area contributed by atoms with E-state index in [1.54, 1.807) is 0 Å². The summed E-state index contributed by atoms with van der Waals surface area (Å²) in [5.41, 5.74) is 9.06. The van der Waals surface area contributed by atoms with Crippen molar-refractivity contribution in [2.45, 2.75) is 93.3 Å². The number of aryl methyl sites for hydroxylation is 2. The number of benzene rings is 1. The Morgan fingerprint density at radius 2 is 1.69 bits per heavy atom. The van der Waals surface area contributed by atoms with E-state index in [0.717, 1.165) is 52.0 Å². The van der Waals surface area contributed by atoms with Gasteiger partial charge in [0.05, 0.1) is 6.54 Å². The molecule has 192 valence electrons. The van der Waals surface area contributed by atoms with Gasteiger partial charge in [0, 0.05) is 29.9 Å². The summed E-state index contributed by atoms with van der Waals surface area (Å²) >= 11 is 0. The van der Waals surface area contributed by atoms with Crippen LogP contribution in [0, 0.1) is 19.8 Å². The highest BCUT2D eigenvalue weighted by atomic mass is 16.7. The number of pyridine rings is 1. The Kier molecular flexibility index (Phi) is 10.3. The Morgan fingerprint density at radius 1 is 1.03 bits per heavy atom. The van der Waals surface area contributed by atoms with Gasteiger partial charge in [-0.1, -0.05) is 50.6 Å². The predicted octanol–water partition coefficient (Wildman–Crippen LogP) is 5.94. The van der Waals surface area contributed by atoms with Gasteiger partial charge < -0.3 is 14.9 Å². The van der Waals surface area contributed by atoms with Crippen LogP contribution in [0.25, 0.3) is 11.1 Å². The number of nitrogens with one attached hydrogen (secondary N) is 2. The molecule has 0 saturated carbocycles. The smallest absolute Gasteiger partial charge is 0.407 e. The molecule has 0 unspecified atom stereocenters. The van der Waals surface area contributed by atoms with Gasteiger partial charge in [-0.3, -0.25) is 9.78 Å². The molecule has 0 fully saturated rings. The molecule has 0 atom stereocenters. The zero-order valence-corrected chi connectivity index (χ0v) is 22.5. The van der Waals surface area contributed by atoms with Crippen molar-refractivity contribution in [3.05, 3.63) is 52.3 Å². The minimum Gasteiger partial charge on any atom is -0.444 e. The third kappa shape index (κ3) is 8.98. The molecule has 0 aliphatic heterocycles. The maximum Gasteiger partial charge on any atom is 0.407 e. The first-order valence-corrected chi connectivity index (χ1v) is 12.4. The number of hydroxylamine groups is 1. The second-order valence-corrected chi connectivity index (χ2v) is 10.3. The van der Waals surface area contributed by atoms with Crippen molar-refractivity contribution >= 4 is 12.1 Å². The third-order valence-corrected chi connectivity index (χ3v) is 5.33. The number of hydrogen-bond acceptors (Lipinski definition) is 6. The fourth-order valence-corrected chi connectivity index (χ4v) is 3.79. The zero-order chi connectivity index (χ0) is 26.2. The third-order valence-electron chi connectivity index (χ3n) is 5.33. The van der Waals surface area contributed by atoms with E-state index in [4.69, 9.17) is 14.6 Å². The molecule has 2 N–H and O–H groups in total. The highest BCUT2D eigenvalue weighted by molar-refractivity contribution is 5.74. The standard InChI is InChI=1S/C28H41N3O4/c1-9-10-25(32)35-30-17-22-20(5)31-24(15-18(2)3)23(16-29-27(33)34-28(6,7)8)26(22)21-13-11-19(4)12-14-21/h11-14,18,30H,9-10,15-17H2,1-8H3,(H,29,33). The van der Waals surface area contributed by atoms with Crippen LogP contribution in [0.2, 0.25) is 0 Å². The molecule has 0 saturated heterocycles. The van der Waals surface area contributed by atoms with Gasteiger partial charge in [0.1, 0.15) is 5.60 Å². The number of carbonyl (C=O) groups excluding carboxylic acids is 2. The predicted molar refractivity (Wildman–Crippen MR) is 139 cm³/mol. The van der Waals surface area contributed by atoms with Crippen molar-refractivity contribution in [1.82, 2.24) is 15.8 Å². The molecule has 0 radical (unpaired) electrons. The van der Waals surface area contributed by atoms with E-state index in [2.05, 4.69) is 48.9 Å². The lowest BCUT2D eigenvalue weighted by Crippen LogP contribution is -2.33. The van der Waals surface area contributed by atoms with E-state index in [9.17, 15) is 9.59 Å². The Morgan fingerprint density at radius 3 is 2.26 bits per heavy atom. The number of nitrogens with zero attached hydrogens (tertiary/aromatic N) is 1. The van der Waals surface area contributed by atoms with Gasteiger partial charge in [-0.2, -0.15) is 0 Å². The largest absolute Gasteiger partial charge is 0.444 e. The molecule has 1 aromatic carbocycles. The van der Waals surface area contributed by atoms with Crippen LogP contribution in [-0.2, 0) is 33.9 Å². The van der Waals surface area contributed by atoms with Crippen molar-refractivity contribution in [3.63, 3.8) is 0 Å². The number of ether oxygens (including phenoxy) is 1. The second kappa shape index (κ2) is 12.7. The second-order valence-electron chi connectivity index (χ2n) is 10.3. The molecule has 0 aliphatic carbocycles. The molecule has 0 bridgehead atoms. The van der Waals surface area contributed by atoms with Gasteiger partial charge in [-0.05, 0) is 70.1 Å². The first-order chi connectivity index (χ1) is 16.4. The topological polar surface area (TPSA) is 89.5 Å². The Labute approximate surface area is 210 Å². The fraction of sp³-hybridized carbons (Fsp3) is 0.536. The van der Waals surface area contributed by atoms with Crippen LogP contribution >= 0.6 is 0 Å². The Bertz CT molecular complexity index is 1010. The van der Waals surface area contributed by atoms with Crippen molar-refractivity contribution in [2.75, 3.05) is 0 Å². The lowest BCUT2D eigenvalue weighted by atomic mass is 9.89. The highest BCUT2D eigenvalue weighted by Gasteiger charge is 2.22. The fourth-order valence-electron chi connectivity index (χ4n) is 3.79. The number of rotatable bonds is 10. The quantitative estimate of drug-likeness (QED) is 0.407. The van der Waals surface area contributed by atoms with Gasteiger partial charge in [0.25, 0.3) is 0 Å². The molecule has 2 rings (SSSR count). The number of carbonyl (C=O) groups is 2. The molecule has 0 spiro atoms. The molecular weight excluding hydrogens is 442 g/mol. The van der Waals surface area contributed by atoms with Crippen molar-refractivity contribution in [2.24, 2.45) is 5.92 Å². The first kappa shape index (κ1) is 28.3. The van der Waals surface area contributed by atoms with Crippen LogP contribution in [-0.4, -0.2) is 22.6 Å². The Hall–Kier alpha value is -2.93. The van der Waals surface area contributed by atoms with Crippen molar-refractivity contribution in [3.8, 4) is 11.1 Å². The van der Waals surface area contributed by atoms with Crippen LogP contribution in [0.4, 0.5) is 4.79 Å². The summed E-state index contributed by atoms with van der Waals surface area (Å²) in [6, 6.07) is 8.28. The van der Waals surface area contributed by atoms with E-state index in [1.165, 1.54) is 0 Å². The van der Waals surface area contributed by atoms with E-state index in [0.29, 0.717) is 18.9 Å². The van der Waals surface area contributed by atoms with Crippen LogP contribution in [0.15, 0.2) is 24.3 Å². The molecule has 1 heterocycles. The average molecular weight is 484 g/mol. The van der Waals surface area contributed by atoms with Crippen LogP contribution in [0.3, 0.4) is 0 Å². The van der Waals surface area contributed by atoms with E-state index in [1.807, 2.05) is 41.5 Å². The molecular formula is C28H41N3O4. The number of aromatic nitrogens is 1. The SMILES string of the molecule is CCCC(=O)ONCc1c(C)nc(CC(C)C)c(CNC(=O)OC(C)(C)C)c1-c1ccc(C)cc1. The van der Waals surface area contributed by atoms with Gasteiger partial charge in [-0.15, -0.1) is 5.48 Å². The van der Waals surface area contributed by atoms with Gasteiger partial charge in [0.2, 0.25) is 0 Å². The van der Waals surface area contributed by atoms with Crippen LogP contribution in [0.5, 0.6) is 0 Å². The first-order valence-electron chi connectivity index (χ1n) is 12.4.